The summed E-state index contributed by atoms with van der Waals surface area (Å²) >= 11 is 6.00. The van der Waals surface area contributed by atoms with Gasteiger partial charge in [-0.15, -0.1) is 11.6 Å². The van der Waals surface area contributed by atoms with E-state index in [2.05, 4.69) is 23.2 Å². The van der Waals surface area contributed by atoms with Crippen LogP contribution in [0.2, 0.25) is 0 Å². The molecular formula is C15H15ClN2O. The van der Waals surface area contributed by atoms with E-state index in [-0.39, 0.29) is 11.3 Å². The van der Waals surface area contributed by atoms with Gasteiger partial charge in [-0.25, -0.2) is 0 Å². The Labute approximate surface area is 117 Å². The number of nitrogens with zero attached hydrogens (tertiary/aromatic N) is 2. The number of para-hydroxylation sites is 1. The number of alkyl halides is 1. The molecular weight excluding hydrogens is 260 g/mol. The van der Waals surface area contributed by atoms with Crippen molar-refractivity contribution in [3.05, 3.63) is 42.1 Å². The fourth-order valence-electron chi connectivity index (χ4n) is 2.56. The second-order valence-electron chi connectivity index (χ2n) is 4.88. The highest BCUT2D eigenvalue weighted by Gasteiger charge is 2.27. The first kappa shape index (κ1) is 12.4. The highest BCUT2D eigenvalue weighted by molar-refractivity contribution is 6.22. The summed E-state index contributed by atoms with van der Waals surface area (Å²) < 4.78 is 0. The molecule has 0 aliphatic carbocycles. The number of rotatable bonds is 3. The van der Waals surface area contributed by atoms with Gasteiger partial charge < -0.3 is 4.90 Å². The third-order valence-corrected chi connectivity index (χ3v) is 3.83. The molecule has 98 valence electrons. The first-order valence-electron chi connectivity index (χ1n) is 6.48. The third-order valence-electron chi connectivity index (χ3n) is 3.53. The van der Waals surface area contributed by atoms with Crippen LogP contribution >= 0.6 is 11.6 Å². The molecule has 1 aliphatic rings. The molecule has 2 heterocycles. The minimum absolute atomic E-state index is 0.0295. The van der Waals surface area contributed by atoms with Gasteiger partial charge >= 0.3 is 0 Å². The molecule has 3 nitrogen and oxygen atoms in total. The molecule has 0 saturated carbocycles. The number of halogens is 1. The molecule has 1 amide bonds. The summed E-state index contributed by atoms with van der Waals surface area (Å²) in [6, 6.07) is 10.2. The highest BCUT2D eigenvalue weighted by atomic mass is 35.5. The largest absolute Gasteiger partial charge is 0.341 e. The fourth-order valence-corrected chi connectivity index (χ4v) is 2.86. The smallest absolute Gasteiger partial charge is 0.224 e. The van der Waals surface area contributed by atoms with Crippen LogP contribution in [0.5, 0.6) is 0 Å². The van der Waals surface area contributed by atoms with Crippen molar-refractivity contribution >= 4 is 28.4 Å². The van der Waals surface area contributed by atoms with Gasteiger partial charge in [-0.1, -0.05) is 24.3 Å². The van der Waals surface area contributed by atoms with Crippen LogP contribution in [-0.2, 0) is 11.2 Å². The Balaban J connectivity index is 1.77. The van der Waals surface area contributed by atoms with E-state index >= 15 is 0 Å². The molecule has 1 aliphatic heterocycles. The summed E-state index contributed by atoms with van der Waals surface area (Å²) in [4.78, 5) is 18.0. The molecule has 1 saturated heterocycles. The number of carbonyl (C=O) groups excluding carboxylic acids is 1. The molecule has 1 unspecified atom stereocenters. The Morgan fingerprint density at radius 2 is 2.16 bits per heavy atom. The second-order valence-corrected chi connectivity index (χ2v) is 5.50. The molecule has 1 aromatic heterocycles. The lowest BCUT2D eigenvalue weighted by atomic mass is 10.1. The Bertz CT molecular complexity index is 609. The lowest BCUT2D eigenvalue weighted by Crippen LogP contribution is -2.27. The molecule has 0 bridgehead atoms. The molecule has 19 heavy (non-hydrogen) atoms. The number of amides is 1. The highest BCUT2D eigenvalue weighted by Crippen LogP contribution is 2.19. The van der Waals surface area contributed by atoms with Crippen molar-refractivity contribution in [1.82, 2.24) is 9.88 Å². The number of hydrogen-bond acceptors (Lipinski definition) is 2. The van der Waals surface area contributed by atoms with Crippen LogP contribution in [0.1, 0.15) is 12.0 Å². The predicted molar refractivity (Wildman–Crippen MR) is 76.3 cm³/mol. The van der Waals surface area contributed by atoms with Gasteiger partial charge in [-0.05, 0) is 18.1 Å². The first-order valence-corrected chi connectivity index (χ1v) is 6.92. The van der Waals surface area contributed by atoms with Gasteiger partial charge in [0.1, 0.15) is 0 Å². The van der Waals surface area contributed by atoms with Crippen molar-refractivity contribution < 1.29 is 4.79 Å². The molecule has 3 rings (SSSR count). The van der Waals surface area contributed by atoms with E-state index in [1.165, 1.54) is 5.56 Å². The van der Waals surface area contributed by atoms with E-state index in [1.54, 1.807) is 0 Å². The Morgan fingerprint density at radius 3 is 2.95 bits per heavy atom. The number of carbonyl (C=O) groups is 1. The van der Waals surface area contributed by atoms with Gasteiger partial charge in [0, 0.05) is 31.1 Å². The fraction of sp³-hybridized carbons (Fsp3) is 0.333. The number of hydrogen-bond donors (Lipinski definition) is 0. The third kappa shape index (κ3) is 2.56. The van der Waals surface area contributed by atoms with Crippen LogP contribution in [0.4, 0.5) is 0 Å². The Kier molecular flexibility index (Phi) is 3.38. The quantitative estimate of drug-likeness (QED) is 0.806. The van der Waals surface area contributed by atoms with Crippen molar-refractivity contribution in [2.45, 2.75) is 18.2 Å². The zero-order valence-electron chi connectivity index (χ0n) is 10.6. The molecule has 1 aromatic carbocycles. The number of benzene rings is 1. The normalized spacial score (nSPS) is 19.3. The zero-order chi connectivity index (χ0) is 13.2. The topological polar surface area (TPSA) is 33.2 Å². The van der Waals surface area contributed by atoms with E-state index in [9.17, 15) is 4.79 Å². The minimum atomic E-state index is -0.0295. The summed E-state index contributed by atoms with van der Waals surface area (Å²) in [5.74, 6) is 0.160. The minimum Gasteiger partial charge on any atom is -0.341 e. The molecule has 4 heteroatoms. The van der Waals surface area contributed by atoms with Gasteiger partial charge in [0.05, 0.1) is 10.9 Å². The van der Waals surface area contributed by atoms with Crippen molar-refractivity contribution in [3.63, 3.8) is 0 Å². The van der Waals surface area contributed by atoms with Gasteiger partial charge in [-0.3, -0.25) is 9.78 Å². The van der Waals surface area contributed by atoms with Crippen molar-refractivity contribution in [3.8, 4) is 0 Å². The van der Waals surface area contributed by atoms with Gasteiger partial charge in [0.25, 0.3) is 0 Å². The van der Waals surface area contributed by atoms with E-state index in [4.69, 9.17) is 11.6 Å². The maximum atomic E-state index is 11.7. The lowest BCUT2D eigenvalue weighted by Gasteiger charge is -2.16. The summed E-state index contributed by atoms with van der Waals surface area (Å²) in [7, 11) is 0. The predicted octanol–water partition coefficient (Wildman–Crippen LogP) is 2.62. The van der Waals surface area contributed by atoms with Crippen LogP contribution in [0.25, 0.3) is 10.9 Å². The average molecular weight is 275 g/mol. The second kappa shape index (κ2) is 5.17. The lowest BCUT2D eigenvalue weighted by molar-refractivity contribution is -0.127. The van der Waals surface area contributed by atoms with Crippen molar-refractivity contribution in [2.24, 2.45) is 0 Å². The molecule has 0 N–H and O–H groups in total. The molecule has 0 spiro atoms. The van der Waals surface area contributed by atoms with Crippen LogP contribution in [0.3, 0.4) is 0 Å². The van der Waals surface area contributed by atoms with Crippen molar-refractivity contribution in [1.29, 1.82) is 0 Å². The first-order chi connectivity index (χ1) is 9.24. The van der Waals surface area contributed by atoms with Crippen molar-refractivity contribution in [2.75, 3.05) is 13.1 Å². The Hall–Kier alpha value is -1.61. The number of fused-ring (bicyclic) bond motifs is 1. The summed E-state index contributed by atoms with van der Waals surface area (Å²) in [6.45, 7) is 1.39. The number of pyridine rings is 1. The monoisotopic (exact) mass is 274 g/mol. The van der Waals surface area contributed by atoms with E-state index < -0.39 is 0 Å². The van der Waals surface area contributed by atoms with Crippen LogP contribution < -0.4 is 0 Å². The molecule has 2 aromatic rings. The molecule has 1 fully saturated rings. The maximum absolute atomic E-state index is 11.7. The van der Waals surface area contributed by atoms with Gasteiger partial charge in [0.2, 0.25) is 5.91 Å². The van der Waals surface area contributed by atoms with Crippen LogP contribution in [0, 0.1) is 0 Å². The number of aromatic nitrogens is 1. The van der Waals surface area contributed by atoms with E-state index in [0.29, 0.717) is 13.0 Å². The van der Waals surface area contributed by atoms with Gasteiger partial charge in [0.15, 0.2) is 0 Å². The standard InChI is InChI=1S/C15H15ClN2O/c16-13-9-14(19)18(10-13)8-6-12-4-1-3-11-5-2-7-17-15(11)12/h1-5,7,13H,6,8-10H2. The van der Waals surface area contributed by atoms with Crippen LogP contribution in [-0.4, -0.2) is 34.3 Å². The summed E-state index contributed by atoms with van der Waals surface area (Å²) in [6.07, 6.45) is 3.10. The number of likely N-dealkylation sites (tertiary alicyclic amines) is 1. The maximum Gasteiger partial charge on any atom is 0.224 e. The summed E-state index contributed by atoms with van der Waals surface area (Å²) in [5.41, 5.74) is 2.21. The zero-order valence-corrected chi connectivity index (χ0v) is 11.3. The average Bonchev–Trinajstić information content (AvgIpc) is 2.74. The van der Waals surface area contributed by atoms with Crippen LogP contribution in [0.15, 0.2) is 36.5 Å². The summed E-state index contributed by atoms with van der Waals surface area (Å²) in [5, 5.41) is 1.11. The van der Waals surface area contributed by atoms with E-state index in [0.717, 1.165) is 23.9 Å². The van der Waals surface area contributed by atoms with Gasteiger partial charge in [-0.2, -0.15) is 0 Å². The molecule has 1 atom stereocenters. The van der Waals surface area contributed by atoms with E-state index in [1.807, 2.05) is 23.2 Å². The molecule has 0 radical (unpaired) electrons. The Morgan fingerprint density at radius 1 is 1.32 bits per heavy atom. The SMILES string of the molecule is O=C1CC(Cl)CN1CCc1cccc2cccnc12.